The van der Waals surface area contributed by atoms with Gasteiger partial charge in [-0.3, -0.25) is 4.90 Å². The zero-order valence-electron chi connectivity index (χ0n) is 9.91. The second-order valence-electron chi connectivity index (χ2n) is 5.07. The molecule has 2 rings (SSSR count). The van der Waals surface area contributed by atoms with Gasteiger partial charge in [0.25, 0.3) is 0 Å². The van der Waals surface area contributed by atoms with Gasteiger partial charge < -0.3 is 0 Å². The molecular formula is C14H23N. The van der Waals surface area contributed by atoms with E-state index in [0.29, 0.717) is 0 Å². The topological polar surface area (TPSA) is 3.24 Å². The van der Waals surface area contributed by atoms with E-state index in [9.17, 15) is 0 Å². The fraction of sp³-hybridized carbons (Fsp3) is 0.714. The third-order valence-corrected chi connectivity index (χ3v) is 3.60. The lowest BCUT2D eigenvalue weighted by atomic mass is 9.99. The number of allylic oxidation sites excluding steroid dienone is 2. The van der Waals surface area contributed by atoms with Crippen molar-refractivity contribution >= 4 is 0 Å². The van der Waals surface area contributed by atoms with Crippen LogP contribution in [-0.2, 0) is 0 Å². The van der Waals surface area contributed by atoms with Crippen LogP contribution in [0.3, 0.4) is 0 Å². The maximum Gasteiger partial charge on any atom is 0.0230 e. The first-order valence-corrected chi connectivity index (χ1v) is 6.42. The standard InChI is InChI=1S/C14H23N/c1-13-8-10-15(11-9-13)12-14-6-4-2-3-5-7-14/h4,6-7,13H,2-3,5,8-12H2,1H3. The van der Waals surface area contributed by atoms with Crippen molar-refractivity contribution in [3.8, 4) is 0 Å². The average Bonchev–Trinajstić information content (AvgIpc) is 2.50. The van der Waals surface area contributed by atoms with Gasteiger partial charge in [0.2, 0.25) is 0 Å². The zero-order chi connectivity index (χ0) is 10.5. The number of piperidine rings is 1. The molecule has 1 heteroatoms. The van der Waals surface area contributed by atoms with Crippen molar-refractivity contribution in [2.45, 2.75) is 39.0 Å². The van der Waals surface area contributed by atoms with Crippen LogP contribution in [0.4, 0.5) is 0 Å². The van der Waals surface area contributed by atoms with E-state index in [1.807, 2.05) is 0 Å². The van der Waals surface area contributed by atoms with Crippen LogP contribution in [0, 0.1) is 5.92 Å². The SMILES string of the molecule is CC1CCN(CC2=CCCCC=C2)CC1. The molecule has 0 bridgehead atoms. The van der Waals surface area contributed by atoms with E-state index < -0.39 is 0 Å². The lowest BCUT2D eigenvalue weighted by Crippen LogP contribution is -2.34. The van der Waals surface area contributed by atoms with E-state index in [1.54, 1.807) is 5.57 Å². The van der Waals surface area contributed by atoms with Gasteiger partial charge >= 0.3 is 0 Å². The normalized spacial score (nSPS) is 25.0. The number of likely N-dealkylation sites (tertiary alicyclic amines) is 1. The first-order valence-electron chi connectivity index (χ1n) is 6.42. The van der Waals surface area contributed by atoms with Crippen LogP contribution in [-0.4, -0.2) is 24.5 Å². The fourth-order valence-electron chi connectivity index (χ4n) is 2.42. The van der Waals surface area contributed by atoms with Crippen LogP contribution in [0.2, 0.25) is 0 Å². The highest BCUT2D eigenvalue weighted by molar-refractivity contribution is 5.21. The van der Waals surface area contributed by atoms with Crippen LogP contribution in [0.25, 0.3) is 0 Å². The van der Waals surface area contributed by atoms with Gasteiger partial charge in [-0.25, -0.2) is 0 Å². The minimum atomic E-state index is 0.944. The van der Waals surface area contributed by atoms with Crippen molar-refractivity contribution in [2.75, 3.05) is 19.6 Å². The largest absolute Gasteiger partial charge is 0.299 e. The molecule has 84 valence electrons. The Morgan fingerprint density at radius 1 is 1.27 bits per heavy atom. The smallest absolute Gasteiger partial charge is 0.0230 e. The van der Waals surface area contributed by atoms with Crippen LogP contribution in [0.1, 0.15) is 39.0 Å². The zero-order valence-corrected chi connectivity index (χ0v) is 9.91. The van der Waals surface area contributed by atoms with Crippen LogP contribution < -0.4 is 0 Å². The summed E-state index contributed by atoms with van der Waals surface area (Å²) in [6.45, 7) is 6.16. The Hall–Kier alpha value is -0.560. The van der Waals surface area contributed by atoms with Gasteiger partial charge in [0.05, 0.1) is 0 Å². The molecule has 1 fully saturated rings. The summed E-state index contributed by atoms with van der Waals surface area (Å²) in [5.41, 5.74) is 1.54. The minimum Gasteiger partial charge on any atom is -0.299 e. The minimum absolute atomic E-state index is 0.944. The lowest BCUT2D eigenvalue weighted by Gasteiger charge is -2.30. The van der Waals surface area contributed by atoms with E-state index in [1.165, 1.54) is 51.7 Å². The molecule has 0 spiro atoms. The number of nitrogens with zero attached hydrogens (tertiary/aromatic N) is 1. The Kier molecular flexibility index (Phi) is 4.01. The molecule has 0 amide bonds. The summed E-state index contributed by atoms with van der Waals surface area (Å²) in [6.07, 6.45) is 13.7. The van der Waals surface area contributed by atoms with Crippen molar-refractivity contribution < 1.29 is 0 Å². The molecule has 0 aromatic carbocycles. The summed E-state index contributed by atoms with van der Waals surface area (Å²) >= 11 is 0. The highest BCUT2D eigenvalue weighted by Gasteiger charge is 2.15. The first-order chi connectivity index (χ1) is 7.34. The van der Waals surface area contributed by atoms with Crippen molar-refractivity contribution in [1.29, 1.82) is 0 Å². The maximum absolute atomic E-state index is 2.61. The van der Waals surface area contributed by atoms with Crippen molar-refractivity contribution in [2.24, 2.45) is 5.92 Å². The van der Waals surface area contributed by atoms with Gasteiger partial charge in [-0.15, -0.1) is 0 Å². The molecule has 0 N–H and O–H groups in total. The van der Waals surface area contributed by atoms with Crippen LogP contribution in [0.5, 0.6) is 0 Å². The van der Waals surface area contributed by atoms with Crippen molar-refractivity contribution in [1.82, 2.24) is 4.90 Å². The molecule has 1 aliphatic heterocycles. The maximum atomic E-state index is 2.61. The van der Waals surface area contributed by atoms with Crippen LogP contribution in [0.15, 0.2) is 23.8 Å². The Balaban J connectivity index is 1.83. The highest BCUT2D eigenvalue weighted by Crippen LogP contribution is 2.18. The van der Waals surface area contributed by atoms with Gasteiger partial charge in [-0.2, -0.15) is 0 Å². The summed E-state index contributed by atoms with van der Waals surface area (Å²) in [5.74, 6) is 0.944. The molecule has 0 radical (unpaired) electrons. The third kappa shape index (κ3) is 3.49. The molecule has 1 heterocycles. The Labute approximate surface area is 93.9 Å². The van der Waals surface area contributed by atoms with Gasteiger partial charge in [0.15, 0.2) is 0 Å². The molecule has 0 aromatic rings. The molecule has 0 aromatic heterocycles. The fourth-order valence-corrected chi connectivity index (χ4v) is 2.42. The second-order valence-corrected chi connectivity index (χ2v) is 5.07. The Bertz CT molecular complexity index is 244. The lowest BCUT2D eigenvalue weighted by molar-refractivity contribution is 0.207. The molecule has 0 unspecified atom stereocenters. The molecule has 15 heavy (non-hydrogen) atoms. The molecular weight excluding hydrogens is 182 g/mol. The number of hydrogen-bond acceptors (Lipinski definition) is 1. The van der Waals surface area contributed by atoms with E-state index in [2.05, 4.69) is 30.1 Å². The predicted molar refractivity (Wildman–Crippen MR) is 65.9 cm³/mol. The monoisotopic (exact) mass is 205 g/mol. The van der Waals surface area contributed by atoms with Crippen molar-refractivity contribution in [3.05, 3.63) is 23.8 Å². The highest BCUT2D eigenvalue weighted by atomic mass is 15.1. The molecule has 0 saturated carbocycles. The molecule has 1 saturated heterocycles. The average molecular weight is 205 g/mol. The summed E-state index contributed by atoms with van der Waals surface area (Å²) in [5, 5.41) is 0. The summed E-state index contributed by atoms with van der Waals surface area (Å²) < 4.78 is 0. The van der Waals surface area contributed by atoms with Crippen LogP contribution >= 0.6 is 0 Å². The number of rotatable bonds is 2. The van der Waals surface area contributed by atoms with Crippen molar-refractivity contribution in [3.63, 3.8) is 0 Å². The predicted octanol–water partition coefficient (Wildman–Crippen LogP) is 3.38. The van der Waals surface area contributed by atoms with E-state index in [-0.39, 0.29) is 0 Å². The Morgan fingerprint density at radius 3 is 2.87 bits per heavy atom. The van der Waals surface area contributed by atoms with Gasteiger partial charge in [0, 0.05) is 6.54 Å². The number of hydrogen-bond donors (Lipinski definition) is 0. The quantitative estimate of drug-likeness (QED) is 0.668. The molecule has 1 nitrogen and oxygen atoms in total. The Morgan fingerprint density at radius 2 is 2.07 bits per heavy atom. The van der Waals surface area contributed by atoms with Gasteiger partial charge in [0.1, 0.15) is 0 Å². The summed E-state index contributed by atoms with van der Waals surface area (Å²) in [7, 11) is 0. The van der Waals surface area contributed by atoms with Gasteiger partial charge in [-0.1, -0.05) is 25.2 Å². The van der Waals surface area contributed by atoms with E-state index in [4.69, 9.17) is 0 Å². The third-order valence-electron chi connectivity index (χ3n) is 3.60. The van der Waals surface area contributed by atoms with E-state index in [0.717, 1.165) is 5.92 Å². The molecule has 2 aliphatic rings. The van der Waals surface area contributed by atoms with Gasteiger partial charge in [-0.05, 0) is 56.7 Å². The summed E-state index contributed by atoms with van der Waals surface area (Å²) in [4.78, 5) is 2.61. The molecule has 1 aliphatic carbocycles. The molecule has 0 atom stereocenters. The second kappa shape index (κ2) is 5.50. The summed E-state index contributed by atoms with van der Waals surface area (Å²) in [6, 6.07) is 0. The first kappa shape index (κ1) is 10.9. The van der Waals surface area contributed by atoms with E-state index >= 15 is 0 Å².